The van der Waals surface area contributed by atoms with Gasteiger partial charge in [-0.05, 0) is 49.7 Å². The van der Waals surface area contributed by atoms with E-state index in [1.54, 1.807) is 18.2 Å². The second-order valence-corrected chi connectivity index (χ2v) is 7.81. The fourth-order valence-electron chi connectivity index (χ4n) is 2.60. The van der Waals surface area contributed by atoms with Crippen LogP contribution in [0.1, 0.15) is 34.1 Å². The van der Waals surface area contributed by atoms with Crippen LogP contribution in [0.25, 0.3) is 0 Å². The van der Waals surface area contributed by atoms with Gasteiger partial charge in [-0.15, -0.1) is 0 Å². The molecule has 2 rings (SSSR count). The molecule has 30 heavy (non-hydrogen) atoms. The Balaban J connectivity index is 2.12. The number of hydrogen-bond acceptors (Lipinski definition) is 6. The lowest BCUT2D eigenvalue weighted by Crippen LogP contribution is -2.25. The Kier molecular flexibility index (Phi) is 8.34. The van der Waals surface area contributed by atoms with E-state index in [1.165, 1.54) is 25.3 Å². The van der Waals surface area contributed by atoms with Crippen molar-refractivity contribution in [2.24, 2.45) is 5.14 Å². The standard InChI is InChI=1S/C20H25N3O6S/c1-3-29-11-5-10-22-19(24)14-6-4-7-15(12-14)23-20(25)17-13-16(30(21,26)27)8-9-18(17)28-2/h4,6-9,12-13H,3,5,10-11H2,1-2H3,(H,22,24)(H,23,25)(H2,21,26,27). The minimum Gasteiger partial charge on any atom is -0.496 e. The van der Waals surface area contributed by atoms with Gasteiger partial charge in [0.15, 0.2) is 0 Å². The number of sulfonamides is 1. The first-order chi connectivity index (χ1) is 14.3. The zero-order valence-electron chi connectivity index (χ0n) is 16.8. The number of carbonyl (C=O) groups is 2. The normalized spacial score (nSPS) is 11.0. The summed E-state index contributed by atoms with van der Waals surface area (Å²) in [5.74, 6) is -0.703. The molecule has 0 atom stereocenters. The third-order valence-corrected chi connectivity index (χ3v) is 4.99. The number of carbonyl (C=O) groups excluding carboxylic acids is 2. The molecule has 0 heterocycles. The maximum Gasteiger partial charge on any atom is 0.259 e. The summed E-state index contributed by atoms with van der Waals surface area (Å²) in [5, 5.41) is 10.6. The van der Waals surface area contributed by atoms with E-state index in [9.17, 15) is 18.0 Å². The van der Waals surface area contributed by atoms with Crippen LogP contribution in [0.5, 0.6) is 5.75 Å². The van der Waals surface area contributed by atoms with E-state index in [4.69, 9.17) is 14.6 Å². The highest BCUT2D eigenvalue weighted by Gasteiger charge is 2.18. The van der Waals surface area contributed by atoms with E-state index in [1.807, 2.05) is 6.92 Å². The Hall–Kier alpha value is -2.95. The molecule has 0 aromatic heterocycles. The summed E-state index contributed by atoms with van der Waals surface area (Å²) < 4.78 is 33.5. The molecule has 0 aliphatic heterocycles. The van der Waals surface area contributed by atoms with E-state index in [2.05, 4.69) is 10.6 Å². The van der Waals surface area contributed by atoms with E-state index in [-0.39, 0.29) is 22.1 Å². The molecule has 2 amide bonds. The van der Waals surface area contributed by atoms with Crippen LogP contribution in [0.2, 0.25) is 0 Å². The number of primary sulfonamides is 1. The average molecular weight is 436 g/mol. The molecular formula is C20H25N3O6S. The highest BCUT2D eigenvalue weighted by atomic mass is 32.2. The topological polar surface area (TPSA) is 137 Å². The second-order valence-electron chi connectivity index (χ2n) is 6.25. The number of benzene rings is 2. The van der Waals surface area contributed by atoms with Gasteiger partial charge >= 0.3 is 0 Å². The largest absolute Gasteiger partial charge is 0.496 e. The Bertz CT molecular complexity index is 1010. The lowest BCUT2D eigenvalue weighted by molar-refractivity contribution is 0.0942. The van der Waals surface area contributed by atoms with Gasteiger partial charge in [-0.1, -0.05) is 6.07 Å². The molecule has 0 radical (unpaired) electrons. The number of ether oxygens (including phenoxy) is 2. The van der Waals surface area contributed by atoms with E-state index in [0.29, 0.717) is 37.4 Å². The van der Waals surface area contributed by atoms with Crippen LogP contribution in [0.3, 0.4) is 0 Å². The van der Waals surface area contributed by atoms with E-state index in [0.717, 1.165) is 6.07 Å². The maximum atomic E-state index is 12.7. The highest BCUT2D eigenvalue weighted by molar-refractivity contribution is 7.89. The summed E-state index contributed by atoms with van der Waals surface area (Å²) >= 11 is 0. The smallest absolute Gasteiger partial charge is 0.259 e. The Labute approximate surface area is 175 Å². The van der Waals surface area contributed by atoms with Crippen molar-refractivity contribution in [3.8, 4) is 5.75 Å². The molecular weight excluding hydrogens is 410 g/mol. The number of hydrogen-bond donors (Lipinski definition) is 3. The number of anilines is 1. The Morgan fingerprint density at radius 1 is 1.10 bits per heavy atom. The first kappa shape index (κ1) is 23.3. The van der Waals surface area contributed by atoms with Crippen LogP contribution >= 0.6 is 0 Å². The summed E-state index contributed by atoms with van der Waals surface area (Å²) in [6, 6.07) is 10.1. The van der Waals surface area contributed by atoms with Crippen molar-refractivity contribution in [3.63, 3.8) is 0 Å². The summed E-state index contributed by atoms with van der Waals surface area (Å²) in [4.78, 5) is 24.7. The Morgan fingerprint density at radius 3 is 2.53 bits per heavy atom. The molecule has 10 heteroatoms. The van der Waals surface area contributed by atoms with Crippen molar-refractivity contribution >= 4 is 27.5 Å². The van der Waals surface area contributed by atoms with Gasteiger partial charge in [0.2, 0.25) is 10.0 Å². The number of amides is 2. The number of rotatable bonds is 10. The van der Waals surface area contributed by atoms with Crippen molar-refractivity contribution in [2.45, 2.75) is 18.2 Å². The van der Waals surface area contributed by atoms with Crippen molar-refractivity contribution in [3.05, 3.63) is 53.6 Å². The van der Waals surface area contributed by atoms with Gasteiger partial charge in [0.25, 0.3) is 11.8 Å². The molecule has 0 unspecified atom stereocenters. The fraction of sp³-hybridized carbons (Fsp3) is 0.300. The van der Waals surface area contributed by atoms with Crippen molar-refractivity contribution in [1.29, 1.82) is 0 Å². The third-order valence-electron chi connectivity index (χ3n) is 4.08. The van der Waals surface area contributed by atoms with Gasteiger partial charge in [-0.25, -0.2) is 13.6 Å². The molecule has 0 aliphatic carbocycles. The monoisotopic (exact) mass is 435 g/mol. The molecule has 0 spiro atoms. The van der Waals surface area contributed by atoms with Crippen molar-refractivity contribution in [2.75, 3.05) is 32.2 Å². The van der Waals surface area contributed by atoms with Gasteiger partial charge in [0.05, 0.1) is 17.6 Å². The van der Waals surface area contributed by atoms with Gasteiger partial charge in [-0.2, -0.15) is 0 Å². The van der Waals surface area contributed by atoms with Gasteiger partial charge < -0.3 is 20.1 Å². The van der Waals surface area contributed by atoms with Crippen LogP contribution in [-0.2, 0) is 14.8 Å². The minimum absolute atomic E-state index is 0.00481. The summed E-state index contributed by atoms with van der Waals surface area (Å²) in [5.41, 5.74) is 0.731. The molecule has 9 nitrogen and oxygen atoms in total. The third kappa shape index (κ3) is 6.55. The molecule has 162 valence electrons. The minimum atomic E-state index is -3.99. The van der Waals surface area contributed by atoms with Crippen molar-refractivity contribution < 1.29 is 27.5 Å². The van der Waals surface area contributed by atoms with Crippen LogP contribution in [0, 0.1) is 0 Å². The number of methoxy groups -OCH3 is 1. The quantitative estimate of drug-likeness (QED) is 0.486. The van der Waals surface area contributed by atoms with Gasteiger partial charge in [0, 0.05) is 31.0 Å². The highest BCUT2D eigenvalue weighted by Crippen LogP contribution is 2.23. The molecule has 2 aromatic rings. The molecule has 4 N–H and O–H groups in total. The average Bonchev–Trinajstić information content (AvgIpc) is 2.72. The zero-order valence-corrected chi connectivity index (χ0v) is 17.6. The summed E-state index contributed by atoms with van der Waals surface area (Å²) in [6.45, 7) is 3.55. The van der Waals surface area contributed by atoms with Gasteiger partial charge in [0.1, 0.15) is 5.75 Å². The van der Waals surface area contributed by atoms with Gasteiger partial charge in [-0.3, -0.25) is 9.59 Å². The van der Waals surface area contributed by atoms with E-state index >= 15 is 0 Å². The predicted molar refractivity (Wildman–Crippen MR) is 112 cm³/mol. The molecule has 2 aromatic carbocycles. The predicted octanol–water partition coefficient (Wildman–Crippen LogP) is 1.75. The SMILES string of the molecule is CCOCCCNC(=O)c1cccc(NC(=O)c2cc(S(N)(=O)=O)ccc2OC)c1. The molecule has 0 fully saturated rings. The maximum absolute atomic E-state index is 12.7. The summed E-state index contributed by atoms with van der Waals surface area (Å²) in [7, 11) is -2.63. The molecule has 0 saturated heterocycles. The van der Waals surface area contributed by atoms with Crippen LogP contribution in [0.4, 0.5) is 5.69 Å². The van der Waals surface area contributed by atoms with Crippen LogP contribution < -0.4 is 20.5 Å². The number of nitrogens with two attached hydrogens (primary N) is 1. The van der Waals surface area contributed by atoms with Crippen LogP contribution in [0.15, 0.2) is 47.4 Å². The number of nitrogens with one attached hydrogen (secondary N) is 2. The Morgan fingerprint density at radius 2 is 1.87 bits per heavy atom. The molecule has 0 aliphatic rings. The fourth-order valence-corrected chi connectivity index (χ4v) is 3.14. The van der Waals surface area contributed by atoms with Crippen LogP contribution in [-0.4, -0.2) is 47.1 Å². The first-order valence-electron chi connectivity index (χ1n) is 9.24. The van der Waals surface area contributed by atoms with Crippen molar-refractivity contribution in [1.82, 2.24) is 5.32 Å². The molecule has 0 saturated carbocycles. The summed E-state index contributed by atoms with van der Waals surface area (Å²) in [6.07, 6.45) is 0.691. The first-order valence-corrected chi connectivity index (χ1v) is 10.8. The lowest BCUT2D eigenvalue weighted by atomic mass is 10.1. The van der Waals surface area contributed by atoms with E-state index < -0.39 is 15.9 Å². The zero-order chi connectivity index (χ0) is 22.1. The lowest BCUT2D eigenvalue weighted by Gasteiger charge is -2.12. The second kappa shape index (κ2) is 10.7. The molecule has 0 bridgehead atoms.